The Morgan fingerprint density at radius 3 is 2.45 bits per heavy atom. The van der Waals surface area contributed by atoms with Crippen LogP contribution in [0, 0.1) is 0 Å². The van der Waals surface area contributed by atoms with Crippen molar-refractivity contribution in [2.45, 2.75) is 45.7 Å². The fraction of sp³-hybridized carbons (Fsp3) is 0.438. The van der Waals surface area contributed by atoms with Gasteiger partial charge >= 0.3 is 0 Å². The lowest BCUT2D eigenvalue weighted by Gasteiger charge is -2.31. The minimum atomic E-state index is -0.705. The number of hydrogen-bond donors (Lipinski definition) is 0. The van der Waals surface area contributed by atoms with E-state index in [9.17, 15) is 14.4 Å². The van der Waals surface area contributed by atoms with Crippen molar-refractivity contribution >= 4 is 39.3 Å². The molecule has 0 aromatic heterocycles. The van der Waals surface area contributed by atoms with Gasteiger partial charge < -0.3 is 4.90 Å². The van der Waals surface area contributed by atoms with E-state index >= 15 is 0 Å². The SMILES string of the molecule is CCC(C)N(C(C)=O)C1CC(=O)N(c2ccc(Br)cc2)C1=O. The minimum Gasteiger partial charge on any atom is -0.328 e. The van der Waals surface area contributed by atoms with Gasteiger partial charge in [-0.1, -0.05) is 22.9 Å². The predicted molar refractivity (Wildman–Crippen MR) is 87.3 cm³/mol. The van der Waals surface area contributed by atoms with E-state index in [4.69, 9.17) is 0 Å². The highest BCUT2D eigenvalue weighted by Gasteiger charge is 2.44. The number of carbonyl (C=O) groups is 3. The summed E-state index contributed by atoms with van der Waals surface area (Å²) in [6.45, 7) is 5.28. The van der Waals surface area contributed by atoms with Crippen molar-refractivity contribution in [3.63, 3.8) is 0 Å². The first-order chi connectivity index (χ1) is 10.4. The van der Waals surface area contributed by atoms with E-state index in [1.165, 1.54) is 16.7 Å². The van der Waals surface area contributed by atoms with Crippen LogP contribution in [0.4, 0.5) is 5.69 Å². The lowest BCUT2D eigenvalue weighted by molar-refractivity contribution is -0.138. The molecule has 0 N–H and O–H groups in total. The predicted octanol–water partition coefficient (Wildman–Crippen LogP) is 2.73. The summed E-state index contributed by atoms with van der Waals surface area (Å²) in [4.78, 5) is 39.6. The monoisotopic (exact) mass is 366 g/mol. The Bertz CT molecular complexity index is 600. The number of imide groups is 1. The van der Waals surface area contributed by atoms with Crippen LogP contribution >= 0.6 is 15.9 Å². The molecular formula is C16H19BrN2O3. The van der Waals surface area contributed by atoms with Gasteiger partial charge in [0.15, 0.2) is 0 Å². The van der Waals surface area contributed by atoms with Crippen LogP contribution in [0.2, 0.25) is 0 Å². The van der Waals surface area contributed by atoms with Crippen LogP contribution in [-0.2, 0) is 14.4 Å². The van der Waals surface area contributed by atoms with E-state index in [0.29, 0.717) is 5.69 Å². The number of anilines is 1. The van der Waals surface area contributed by atoms with Crippen LogP contribution in [0.1, 0.15) is 33.6 Å². The van der Waals surface area contributed by atoms with E-state index in [-0.39, 0.29) is 30.2 Å². The Kier molecular flexibility index (Phi) is 5.01. The van der Waals surface area contributed by atoms with Gasteiger partial charge in [0.25, 0.3) is 5.91 Å². The quantitative estimate of drug-likeness (QED) is 0.769. The van der Waals surface area contributed by atoms with Crippen molar-refractivity contribution in [2.24, 2.45) is 0 Å². The average molecular weight is 367 g/mol. The molecule has 0 radical (unpaired) electrons. The Labute approximate surface area is 138 Å². The number of amides is 3. The van der Waals surface area contributed by atoms with E-state index in [0.717, 1.165) is 10.9 Å². The molecule has 1 aliphatic rings. The van der Waals surface area contributed by atoms with Crippen LogP contribution in [0.3, 0.4) is 0 Å². The van der Waals surface area contributed by atoms with Gasteiger partial charge in [0.05, 0.1) is 12.1 Å². The van der Waals surface area contributed by atoms with Gasteiger partial charge in [-0.3, -0.25) is 14.4 Å². The smallest absolute Gasteiger partial charge is 0.257 e. The lowest BCUT2D eigenvalue weighted by Crippen LogP contribution is -2.48. The molecule has 1 fully saturated rings. The average Bonchev–Trinajstić information content (AvgIpc) is 2.75. The Hall–Kier alpha value is -1.69. The van der Waals surface area contributed by atoms with Gasteiger partial charge in [-0.15, -0.1) is 0 Å². The standard InChI is InChI=1S/C16H19BrN2O3/c1-4-10(2)18(11(3)20)14-9-15(21)19(16(14)22)13-7-5-12(17)6-8-13/h5-8,10,14H,4,9H2,1-3H3. The summed E-state index contributed by atoms with van der Waals surface area (Å²) in [5.41, 5.74) is 0.536. The molecule has 1 saturated heterocycles. The van der Waals surface area contributed by atoms with Gasteiger partial charge in [0, 0.05) is 17.4 Å². The van der Waals surface area contributed by atoms with Crippen LogP contribution < -0.4 is 4.90 Å². The molecule has 6 heteroatoms. The molecule has 0 bridgehead atoms. The number of benzene rings is 1. The van der Waals surface area contributed by atoms with Crippen LogP contribution in [0.5, 0.6) is 0 Å². The number of nitrogens with zero attached hydrogens (tertiary/aromatic N) is 2. The highest BCUT2D eigenvalue weighted by Crippen LogP contribution is 2.28. The molecule has 1 aromatic carbocycles. The molecule has 1 heterocycles. The maximum Gasteiger partial charge on any atom is 0.257 e. The van der Waals surface area contributed by atoms with Gasteiger partial charge in [0.2, 0.25) is 11.8 Å². The first-order valence-electron chi connectivity index (χ1n) is 7.28. The van der Waals surface area contributed by atoms with Gasteiger partial charge in [-0.2, -0.15) is 0 Å². The molecule has 0 aliphatic carbocycles. The second-order valence-electron chi connectivity index (χ2n) is 5.45. The first kappa shape index (κ1) is 16.7. The summed E-state index contributed by atoms with van der Waals surface area (Å²) >= 11 is 3.33. The third kappa shape index (κ3) is 3.06. The van der Waals surface area contributed by atoms with Crippen molar-refractivity contribution in [3.8, 4) is 0 Å². The minimum absolute atomic E-state index is 0.0405. The van der Waals surface area contributed by atoms with Crippen molar-refractivity contribution in [2.75, 3.05) is 4.90 Å². The number of rotatable bonds is 4. The Balaban J connectivity index is 2.31. The second-order valence-corrected chi connectivity index (χ2v) is 6.36. The van der Waals surface area contributed by atoms with E-state index in [1.54, 1.807) is 24.3 Å². The van der Waals surface area contributed by atoms with E-state index in [2.05, 4.69) is 15.9 Å². The normalized spacial score (nSPS) is 19.5. The maximum atomic E-state index is 12.7. The largest absolute Gasteiger partial charge is 0.328 e. The third-order valence-electron chi connectivity index (χ3n) is 3.97. The number of hydrogen-bond acceptors (Lipinski definition) is 3. The second kappa shape index (κ2) is 6.60. The highest BCUT2D eigenvalue weighted by atomic mass is 79.9. The van der Waals surface area contributed by atoms with Crippen molar-refractivity contribution in [1.82, 2.24) is 4.90 Å². The topological polar surface area (TPSA) is 57.7 Å². The van der Waals surface area contributed by atoms with Crippen molar-refractivity contribution in [1.29, 1.82) is 0 Å². The maximum absolute atomic E-state index is 12.7. The first-order valence-corrected chi connectivity index (χ1v) is 8.07. The summed E-state index contributed by atoms with van der Waals surface area (Å²) in [6, 6.07) is 6.20. The molecule has 118 valence electrons. The van der Waals surface area contributed by atoms with E-state index in [1.807, 2.05) is 13.8 Å². The zero-order valence-electron chi connectivity index (χ0n) is 12.9. The van der Waals surface area contributed by atoms with Crippen LogP contribution in [0.25, 0.3) is 0 Å². The van der Waals surface area contributed by atoms with Crippen LogP contribution in [0.15, 0.2) is 28.7 Å². The summed E-state index contributed by atoms with van der Waals surface area (Å²) in [5.74, 6) is -0.784. The molecule has 2 unspecified atom stereocenters. The Morgan fingerprint density at radius 1 is 1.36 bits per heavy atom. The third-order valence-corrected chi connectivity index (χ3v) is 4.50. The molecule has 22 heavy (non-hydrogen) atoms. The highest BCUT2D eigenvalue weighted by molar-refractivity contribution is 9.10. The molecule has 0 saturated carbocycles. The molecule has 1 aromatic rings. The number of carbonyl (C=O) groups excluding carboxylic acids is 3. The Morgan fingerprint density at radius 2 is 1.95 bits per heavy atom. The summed E-state index contributed by atoms with van der Waals surface area (Å²) in [7, 11) is 0. The van der Waals surface area contributed by atoms with Gasteiger partial charge in [-0.25, -0.2) is 4.90 Å². The molecule has 2 rings (SSSR count). The van der Waals surface area contributed by atoms with Crippen molar-refractivity contribution in [3.05, 3.63) is 28.7 Å². The zero-order valence-corrected chi connectivity index (χ0v) is 14.5. The van der Waals surface area contributed by atoms with Gasteiger partial charge in [0.1, 0.15) is 6.04 Å². The fourth-order valence-corrected chi connectivity index (χ4v) is 2.99. The molecule has 0 spiro atoms. The zero-order chi connectivity index (χ0) is 16.4. The molecular weight excluding hydrogens is 348 g/mol. The molecule has 1 aliphatic heterocycles. The van der Waals surface area contributed by atoms with E-state index < -0.39 is 6.04 Å². The van der Waals surface area contributed by atoms with Gasteiger partial charge in [-0.05, 0) is 37.6 Å². The molecule has 5 nitrogen and oxygen atoms in total. The molecule has 2 atom stereocenters. The van der Waals surface area contributed by atoms with Crippen LogP contribution in [-0.4, -0.2) is 34.7 Å². The van der Waals surface area contributed by atoms with Crippen molar-refractivity contribution < 1.29 is 14.4 Å². The summed E-state index contributed by atoms with van der Waals surface area (Å²) < 4.78 is 0.872. The fourth-order valence-electron chi connectivity index (χ4n) is 2.73. The number of halogens is 1. The summed E-state index contributed by atoms with van der Waals surface area (Å²) in [5, 5.41) is 0. The molecule has 3 amide bonds. The summed E-state index contributed by atoms with van der Waals surface area (Å²) in [6.07, 6.45) is 0.772. The lowest BCUT2D eigenvalue weighted by atomic mass is 10.1.